The molecule has 2 rings (SSSR count). The van der Waals surface area contributed by atoms with Gasteiger partial charge in [0.05, 0.1) is 5.56 Å². The highest BCUT2D eigenvalue weighted by Gasteiger charge is 2.15. The number of carbonyl (C=O) groups is 1. The number of carboxylic acids is 1. The molecule has 0 fully saturated rings. The molecule has 0 aliphatic carbocycles. The van der Waals surface area contributed by atoms with Crippen LogP contribution in [0.25, 0.3) is 0 Å². The van der Waals surface area contributed by atoms with E-state index in [1.54, 1.807) is 6.07 Å². The summed E-state index contributed by atoms with van der Waals surface area (Å²) in [7, 11) is 0. The fourth-order valence-corrected chi connectivity index (χ4v) is 2.25. The van der Waals surface area contributed by atoms with Gasteiger partial charge in [0, 0.05) is 24.9 Å². The average molecular weight is 257 g/mol. The minimum absolute atomic E-state index is 0.407. The van der Waals surface area contributed by atoms with Gasteiger partial charge in [0.1, 0.15) is 0 Å². The first-order chi connectivity index (χ1) is 9.08. The maximum Gasteiger partial charge on any atom is 0.337 e. The maximum atomic E-state index is 11.3. The molecule has 0 aliphatic heterocycles. The molecule has 0 saturated heterocycles. The van der Waals surface area contributed by atoms with Crippen molar-refractivity contribution in [2.75, 3.05) is 0 Å². The first-order valence-electron chi connectivity index (χ1n) is 6.53. The molecule has 0 unspecified atom stereocenters. The first-order valence-corrected chi connectivity index (χ1v) is 6.53. The van der Waals surface area contributed by atoms with Gasteiger partial charge in [-0.25, -0.2) is 4.79 Å². The second kappa shape index (κ2) is 5.74. The Balaban J connectivity index is 2.35. The fraction of sp³-hybridized carbons (Fsp3) is 0.312. The molecule has 3 heteroatoms. The van der Waals surface area contributed by atoms with E-state index in [1.807, 2.05) is 36.5 Å². The topological polar surface area (TPSA) is 42.2 Å². The predicted molar refractivity (Wildman–Crippen MR) is 75.5 cm³/mol. The molecule has 1 aromatic carbocycles. The fourth-order valence-electron chi connectivity index (χ4n) is 2.25. The van der Waals surface area contributed by atoms with Crippen LogP contribution in [0.4, 0.5) is 0 Å². The Morgan fingerprint density at radius 1 is 1.21 bits per heavy atom. The van der Waals surface area contributed by atoms with Crippen LogP contribution in [-0.2, 0) is 13.0 Å². The van der Waals surface area contributed by atoms with E-state index < -0.39 is 5.97 Å². The van der Waals surface area contributed by atoms with Gasteiger partial charge in [0.2, 0.25) is 0 Å². The highest BCUT2D eigenvalue weighted by Crippen LogP contribution is 2.18. The summed E-state index contributed by atoms with van der Waals surface area (Å²) in [5.41, 5.74) is 2.42. The Labute approximate surface area is 113 Å². The van der Waals surface area contributed by atoms with E-state index in [9.17, 15) is 9.90 Å². The maximum absolute atomic E-state index is 11.3. The molecule has 100 valence electrons. The summed E-state index contributed by atoms with van der Waals surface area (Å²) >= 11 is 0. The normalized spacial score (nSPS) is 10.9. The molecule has 0 atom stereocenters. The summed E-state index contributed by atoms with van der Waals surface area (Å²) in [5.74, 6) is -0.364. The van der Waals surface area contributed by atoms with Crippen LogP contribution in [0.3, 0.4) is 0 Å². The highest BCUT2D eigenvalue weighted by molar-refractivity contribution is 5.89. The third kappa shape index (κ3) is 3.25. The SMILES string of the molecule is CC(C)Cn1ccc(C(=O)O)c1Cc1ccccc1. The van der Waals surface area contributed by atoms with Crippen molar-refractivity contribution in [3.8, 4) is 0 Å². The van der Waals surface area contributed by atoms with Crippen LogP contribution in [-0.4, -0.2) is 15.6 Å². The number of nitrogens with zero attached hydrogens (tertiary/aromatic N) is 1. The summed E-state index contributed by atoms with van der Waals surface area (Å²) in [6.45, 7) is 5.11. The Morgan fingerprint density at radius 2 is 1.89 bits per heavy atom. The zero-order valence-corrected chi connectivity index (χ0v) is 11.3. The Morgan fingerprint density at radius 3 is 2.47 bits per heavy atom. The smallest absolute Gasteiger partial charge is 0.337 e. The lowest BCUT2D eigenvalue weighted by molar-refractivity contribution is 0.0695. The van der Waals surface area contributed by atoms with E-state index in [4.69, 9.17) is 0 Å². The van der Waals surface area contributed by atoms with E-state index in [0.717, 1.165) is 17.8 Å². The summed E-state index contributed by atoms with van der Waals surface area (Å²) in [6.07, 6.45) is 2.53. The van der Waals surface area contributed by atoms with Crippen LogP contribution < -0.4 is 0 Å². The molecule has 0 radical (unpaired) electrons. The average Bonchev–Trinajstić information content (AvgIpc) is 2.73. The van der Waals surface area contributed by atoms with Gasteiger partial charge in [-0.05, 0) is 17.5 Å². The van der Waals surface area contributed by atoms with Crippen LogP contribution >= 0.6 is 0 Å². The van der Waals surface area contributed by atoms with Crippen molar-refractivity contribution in [3.63, 3.8) is 0 Å². The second-order valence-electron chi connectivity index (χ2n) is 5.19. The van der Waals surface area contributed by atoms with Gasteiger partial charge in [0.25, 0.3) is 0 Å². The molecule has 1 N–H and O–H groups in total. The van der Waals surface area contributed by atoms with Gasteiger partial charge < -0.3 is 9.67 Å². The van der Waals surface area contributed by atoms with E-state index in [1.165, 1.54) is 0 Å². The number of hydrogen-bond donors (Lipinski definition) is 1. The van der Waals surface area contributed by atoms with Gasteiger partial charge in [-0.15, -0.1) is 0 Å². The molecule has 0 amide bonds. The van der Waals surface area contributed by atoms with Crippen molar-refractivity contribution in [2.45, 2.75) is 26.8 Å². The summed E-state index contributed by atoms with van der Waals surface area (Å²) in [6, 6.07) is 11.7. The molecule has 0 aliphatic rings. The Hall–Kier alpha value is -2.03. The van der Waals surface area contributed by atoms with Crippen molar-refractivity contribution in [2.24, 2.45) is 5.92 Å². The number of carboxylic acid groups (broad SMARTS) is 1. The molecule has 0 bridgehead atoms. The number of hydrogen-bond acceptors (Lipinski definition) is 1. The standard InChI is InChI=1S/C16H19NO2/c1-12(2)11-17-9-8-14(16(18)19)15(17)10-13-6-4-3-5-7-13/h3-9,12H,10-11H2,1-2H3,(H,18,19). The lowest BCUT2D eigenvalue weighted by atomic mass is 10.1. The summed E-state index contributed by atoms with van der Waals surface area (Å²) < 4.78 is 2.06. The summed E-state index contributed by atoms with van der Waals surface area (Å²) in [4.78, 5) is 11.3. The van der Waals surface area contributed by atoms with Gasteiger partial charge in [-0.3, -0.25) is 0 Å². The minimum Gasteiger partial charge on any atom is -0.478 e. The van der Waals surface area contributed by atoms with Gasteiger partial charge >= 0.3 is 5.97 Å². The number of aromatic carboxylic acids is 1. The van der Waals surface area contributed by atoms with Crippen LogP contribution in [0.15, 0.2) is 42.6 Å². The zero-order chi connectivity index (χ0) is 13.8. The van der Waals surface area contributed by atoms with Crippen molar-refractivity contribution in [1.29, 1.82) is 0 Å². The lowest BCUT2D eigenvalue weighted by Crippen LogP contribution is -2.10. The minimum atomic E-state index is -0.853. The van der Waals surface area contributed by atoms with Crippen molar-refractivity contribution >= 4 is 5.97 Å². The van der Waals surface area contributed by atoms with Gasteiger partial charge in [0.15, 0.2) is 0 Å². The lowest BCUT2D eigenvalue weighted by Gasteiger charge is -2.12. The second-order valence-corrected chi connectivity index (χ2v) is 5.19. The Kier molecular flexibility index (Phi) is 4.05. The molecular formula is C16H19NO2. The molecular weight excluding hydrogens is 238 g/mol. The molecule has 3 nitrogen and oxygen atoms in total. The quantitative estimate of drug-likeness (QED) is 0.891. The van der Waals surface area contributed by atoms with E-state index in [0.29, 0.717) is 17.9 Å². The third-order valence-electron chi connectivity index (χ3n) is 3.09. The van der Waals surface area contributed by atoms with Gasteiger partial charge in [-0.2, -0.15) is 0 Å². The summed E-state index contributed by atoms with van der Waals surface area (Å²) in [5, 5.41) is 9.28. The molecule has 2 aromatic rings. The Bertz CT molecular complexity index is 555. The molecule has 1 aromatic heterocycles. The van der Waals surface area contributed by atoms with E-state index >= 15 is 0 Å². The van der Waals surface area contributed by atoms with Crippen LogP contribution in [0.1, 0.15) is 35.5 Å². The van der Waals surface area contributed by atoms with E-state index in [-0.39, 0.29) is 0 Å². The first kappa shape index (κ1) is 13.4. The van der Waals surface area contributed by atoms with Crippen molar-refractivity contribution in [1.82, 2.24) is 4.57 Å². The van der Waals surface area contributed by atoms with Crippen molar-refractivity contribution < 1.29 is 9.90 Å². The van der Waals surface area contributed by atoms with Crippen LogP contribution in [0.5, 0.6) is 0 Å². The van der Waals surface area contributed by atoms with Crippen LogP contribution in [0, 0.1) is 5.92 Å². The predicted octanol–water partition coefficient (Wildman–Crippen LogP) is 3.43. The number of rotatable bonds is 5. The number of aromatic nitrogens is 1. The zero-order valence-electron chi connectivity index (χ0n) is 11.3. The van der Waals surface area contributed by atoms with Gasteiger partial charge in [-0.1, -0.05) is 44.2 Å². The van der Waals surface area contributed by atoms with Crippen LogP contribution in [0.2, 0.25) is 0 Å². The monoisotopic (exact) mass is 257 g/mol. The molecule has 0 spiro atoms. The largest absolute Gasteiger partial charge is 0.478 e. The van der Waals surface area contributed by atoms with E-state index in [2.05, 4.69) is 18.4 Å². The molecule has 0 saturated carbocycles. The number of benzene rings is 1. The molecule has 1 heterocycles. The highest BCUT2D eigenvalue weighted by atomic mass is 16.4. The third-order valence-corrected chi connectivity index (χ3v) is 3.09. The molecule has 19 heavy (non-hydrogen) atoms. The van der Waals surface area contributed by atoms with Crippen molar-refractivity contribution in [3.05, 3.63) is 59.4 Å².